The van der Waals surface area contributed by atoms with Crippen LogP contribution in [0.25, 0.3) is 0 Å². The molecule has 0 spiro atoms. The zero-order valence-electron chi connectivity index (χ0n) is 19.5. The number of benzene rings is 2. The monoisotopic (exact) mass is 553 g/mol. The highest BCUT2D eigenvalue weighted by Gasteiger charge is 2.36. The van der Waals surface area contributed by atoms with Gasteiger partial charge in [-0.2, -0.15) is 8.99 Å². The van der Waals surface area contributed by atoms with Crippen molar-refractivity contribution in [1.29, 1.82) is 0 Å². The van der Waals surface area contributed by atoms with Gasteiger partial charge in [0.25, 0.3) is 11.6 Å². The molecular formula is C22H18F3N5O7S. The van der Waals surface area contributed by atoms with Gasteiger partial charge in [-0.3, -0.25) is 14.9 Å². The number of nitro benzene ring substituents is 1. The topological polar surface area (TPSA) is 154 Å². The average Bonchev–Trinajstić information content (AvgIpc) is 3.21. The molecule has 12 nitrogen and oxygen atoms in total. The molecule has 1 amide bonds. The summed E-state index contributed by atoms with van der Waals surface area (Å²) >= 11 is 0. The first kappa shape index (κ1) is 26.7. The standard InChI is InChI=1S/C22H18F3N5O7S/c1-2-37-22(32)29-17-6-7-28(38(35,36)14-9-12(23)8-13(24)10-14)11-15(17)20(27-29)26-21(31)19-16(25)4-3-5-18(19)30(33)34/h3-5,8-10H,2,6-7,11H2,1H3,(H,26,27,31). The SMILES string of the molecule is CCOC(=O)n1nc(NC(=O)c2c(F)cccc2[N+](=O)[O-])c2c1CCN(S(=O)(=O)c1cc(F)cc(F)c1)C2. The number of rotatable bonds is 6. The minimum atomic E-state index is -4.45. The Morgan fingerprint density at radius 2 is 1.87 bits per heavy atom. The van der Waals surface area contributed by atoms with Gasteiger partial charge in [-0.05, 0) is 25.1 Å². The van der Waals surface area contributed by atoms with Crippen molar-refractivity contribution >= 4 is 33.5 Å². The molecule has 200 valence electrons. The zero-order chi connectivity index (χ0) is 27.8. The number of hydrogen-bond donors (Lipinski definition) is 1. The molecule has 0 saturated carbocycles. The molecule has 2 heterocycles. The number of anilines is 1. The second-order valence-electron chi connectivity index (χ2n) is 7.92. The van der Waals surface area contributed by atoms with Gasteiger partial charge in [-0.25, -0.2) is 26.4 Å². The lowest BCUT2D eigenvalue weighted by Crippen LogP contribution is -2.37. The van der Waals surface area contributed by atoms with E-state index in [0.29, 0.717) is 18.2 Å². The Bertz CT molecular complexity index is 1560. The lowest BCUT2D eigenvalue weighted by atomic mass is 10.1. The molecule has 38 heavy (non-hydrogen) atoms. The summed E-state index contributed by atoms with van der Waals surface area (Å²) < 4.78 is 74.6. The predicted octanol–water partition coefficient (Wildman–Crippen LogP) is 3.21. The van der Waals surface area contributed by atoms with Gasteiger partial charge < -0.3 is 10.1 Å². The van der Waals surface area contributed by atoms with Crippen molar-refractivity contribution in [3.63, 3.8) is 0 Å². The number of halogens is 3. The summed E-state index contributed by atoms with van der Waals surface area (Å²) in [5.74, 6) is -5.10. The van der Waals surface area contributed by atoms with Crippen LogP contribution in [0.3, 0.4) is 0 Å². The highest BCUT2D eigenvalue weighted by molar-refractivity contribution is 7.89. The van der Waals surface area contributed by atoms with Crippen molar-refractivity contribution in [2.24, 2.45) is 0 Å². The number of fused-ring (bicyclic) bond motifs is 1. The number of carbonyl (C=O) groups is 2. The van der Waals surface area contributed by atoms with Gasteiger partial charge >= 0.3 is 6.09 Å². The predicted molar refractivity (Wildman–Crippen MR) is 123 cm³/mol. The summed E-state index contributed by atoms with van der Waals surface area (Å²) in [5.41, 5.74) is -1.60. The van der Waals surface area contributed by atoms with E-state index >= 15 is 0 Å². The second kappa shape index (κ2) is 10.2. The molecule has 0 unspecified atom stereocenters. The van der Waals surface area contributed by atoms with Crippen LogP contribution in [0.5, 0.6) is 0 Å². The van der Waals surface area contributed by atoms with E-state index in [2.05, 4.69) is 10.4 Å². The molecule has 1 N–H and O–H groups in total. The van der Waals surface area contributed by atoms with Crippen LogP contribution in [0.15, 0.2) is 41.3 Å². The van der Waals surface area contributed by atoms with Crippen LogP contribution >= 0.6 is 0 Å². The van der Waals surface area contributed by atoms with E-state index in [1.807, 2.05) is 0 Å². The third-order valence-corrected chi connectivity index (χ3v) is 7.41. The lowest BCUT2D eigenvalue weighted by Gasteiger charge is -2.27. The van der Waals surface area contributed by atoms with Crippen molar-refractivity contribution in [3.05, 3.63) is 80.8 Å². The smallest absolute Gasteiger partial charge is 0.434 e. The van der Waals surface area contributed by atoms with Gasteiger partial charge in [0.2, 0.25) is 10.0 Å². The fraction of sp³-hybridized carbons (Fsp3) is 0.227. The molecular weight excluding hydrogens is 535 g/mol. The van der Waals surface area contributed by atoms with E-state index in [-0.39, 0.29) is 36.6 Å². The Hall–Kier alpha value is -4.31. The third-order valence-electron chi connectivity index (χ3n) is 5.58. The molecule has 0 radical (unpaired) electrons. The molecule has 0 atom stereocenters. The normalized spacial score (nSPS) is 13.6. The van der Waals surface area contributed by atoms with E-state index in [9.17, 15) is 41.3 Å². The first-order valence-corrected chi connectivity index (χ1v) is 12.4. The highest BCUT2D eigenvalue weighted by Crippen LogP contribution is 2.31. The van der Waals surface area contributed by atoms with E-state index in [1.165, 1.54) is 6.92 Å². The number of sulfonamides is 1. The Morgan fingerprint density at radius 1 is 1.18 bits per heavy atom. The fourth-order valence-electron chi connectivity index (χ4n) is 3.92. The van der Waals surface area contributed by atoms with Crippen molar-refractivity contribution in [2.75, 3.05) is 18.5 Å². The molecule has 0 bridgehead atoms. The van der Waals surface area contributed by atoms with Gasteiger partial charge in [0.15, 0.2) is 11.4 Å². The van der Waals surface area contributed by atoms with Gasteiger partial charge in [0.1, 0.15) is 17.5 Å². The van der Waals surface area contributed by atoms with E-state index in [0.717, 1.165) is 27.2 Å². The van der Waals surface area contributed by atoms with Crippen molar-refractivity contribution in [2.45, 2.75) is 24.8 Å². The fourth-order valence-corrected chi connectivity index (χ4v) is 5.37. The number of ether oxygens (including phenoxy) is 1. The van der Waals surface area contributed by atoms with Gasteiger partial charge in [-0.1, -0.05) is 6.07 Å². The molecule has 0 saturated heterocycles. The number of carbonyl (C=O) groups excluding carboxylic acids is 2. The van der Waals surface area contributed by atoms with Crippen LogP contribution in [0, 0.1) is 27.6 Å². The molecule has 0 aliphatic carbocycles. The van der Waals surface area contributed by atoms with Crippen LogP contribution < -0.4 is 5.32 Å². The minimum absolute atomic E-state index is 0.00269. The molecule has 0 fully saturated rings. The zero-order valence-corrected chi connectivity index (χ0v) is 20.3. The Kier molecular flexibility index (Phi) is 7.19. The van der Waals surface area contributed by atoms with Crippen LogP contribution in [-0.4, -0.2) is 52.6 Å². The van der Waals surface area contributed by atoms with Crippen molar-refractivity contribution in [3.8, 4) is 0 Å². The second-order valence-corrected chi connectivity index (χ2v) is 9.86. The number of nitrogens with zero attached hydrogens (tertiary/aromatic N) is 4. The lowest BCUT2D eigenvalue weighted by molar-refractivity contribution is -0.385. The summed E-state index contributed by atoms with van der Waals surface area (Å²) in [6, 6.07) is 4.57. The van der Waals surface area contributed by atoms with Gasteiger partial charge in [0.05, 0.1) is 22.1 Å². The number of nitro groups is 1. The number of hydrogen-bond acceptors (Lipinski definition) is 8. The number of amides is 1. The highest BCUT2D eigenvalue weighted by atomic mass is 32.2. The van der Waals surface area contributed by atoms with Crippen molar-refractivity contribution in [1.82, 2.24) is 14.1 Å². The molecule has 3 aromatic rings. The largest absolute Gasteiger partial charge is 0.448 e. The third kappa shape index (κ3) is 4.95. The van der Waals surface area contributed by atoms with E-state index < -0.39 is 67.1 Å². The molecule has 4 rings (SSSR count). The van der Waals surface area contributed by atoms with E-state index in [4.69, 9.17) is 4.74 Å². The number of aromatic nitrogens is 2. The molecule has 1 aromatic heterocycles. The maximum Gasteiger partial charge on any atom is 0.434 e. The average molecular weight is 553 g/mol. The van der Waals surface area contributed by atoms with Crippen molar-refractivity contribution < 1.29 is 40.8 Å². The summed E-state index contributed by atoms with van der Waals surface area (Å²) in [5, 5.41) is 17.5. The maximum absolute atomic E-state index is 14.4. The van der Waals surface area contributed by atoms with Crippen LogP contribution in [0.4, 0.5) is 29.5 Å². The van der Waals surface area contributed by atoms with Crippen LogP contribution in [-0.2, 0) is 27.7 Å². The summed E-state index contributed by atoms with van der Waals surface area (Å²) in [7, 11) is -4.45. The first-order chi connectivity index (χ1) is 17.9. The van der Waals surface area contributed by atoms with Crippen LogP contribution in [0.1, 0.15) is 28.5 Å². The van der Waals surface area contributed by atoms with Gasteiger partial charge in [0, 0.05) is 37.2 Å². The Balaban J connectivity index is 1.76. The molecule has 2 aromatic carbocycles. The Labute approximate surface area is 212 Å². The molecule has 1 aliphatic heterocycles. The molecule has 16 heteroatoms. The first-order valence-electron chi connectivity index (χ1n) is 10.9. The van der Waals surface area contributed by atoms with Crippen LogP contribution in [0.2, 0.25) is 0 Å². The number of nitrogens with one attached hydrogen (secondary N) is 1. The van der Waals surface area contributed by atoms with Gasteiger partial charge in [-0.15, -0.1) is 5.10 Å². The maximum atomic E-state index is 14.4. The summed E-state index contributed by atoms with van der Waals surface area (Å²) in [6.07, 6.45) is -1.09. The Morgan fingerprint density at radius 3 is 2.50 bits per heavy atom. The molecule has 1 aliphatic rings. The summed E-state index contributed by atoms with van der Waals surface area (Å²) in [4.78, 5) is 35.0. The summed E-state index contributed by atoms with van der Waals surface area (Å²) in [6.45, 7) is 0.747. The minimum Gasteiger partial charge on any atom is -0.448 e. The quantitative estimate of drug-likeness (QED) is 0.361. The van der Waals surface area contributed by atoms with E-state index in [1.54, 1.807) is 0 Å².